The summed E-state index contributed by atoms with van der Waals surface area (Å²) in [7, 11) is 0. The van der Waals surface area contributed by atoms with Crippen molar-refractivity contribution in [3.63, 3.8) is 0 Å². The zero-order valence-corrected chi connectivity index (χ0v) is 9.17. The van der Waals surface area contributed by atoms with Crippen molar-refractivity contribution in [2.75, 3.05) is 0 Å². The fourth-order valence-corrected chi connectivity index (χ4v) is 1.42. The van der Waals surface area contributed by atoms with Gasteiger partial charge in [-0.15, -0.1) is 0 Å². The van der Waals surface area contributed by atoms with E-state index in [0.717, 1.165) is 11.4 Å². The molecule has 0 saturated carbocycles. The maximum Gasteiger partial charge on any atom is 0.0724 e. The van der Waals surface area contributed by atoms with Crippen LogP contribution in [-0.4, -0.2) is 15.0 Å². The van der Waals surface area contributed by atoms with Crippen molar-refractivity contribution in [3.8, 4) is 0 Å². The highest BCUT2D eigenvalue weighted by atomic mass is 15.0. The predicted octanol–water partition coefficient (Wildman–Crippen LogP) is 1.72. The monoisotopic (exact) mass is 214 g/mol. The minimum Gasteiger partial charge on any atom is -0.303 e. The summed E-state index contributed by atoms with van der Waals surface area (Å²) in [4.78, 5) is 12.5. The average Bonchev–Trinajstić information content (AvgIpc) is 2.38. The lowest BCUT2D eigenvalue weighted by Gasteiger charge is -2.12. The van der Waals surface area contributed by atoms with Gasteiger partial charge in [-0.1, -0.05) is 6.07 Å². The van der Waals surface area contributed by atoms with Crippen LogP contribution in [-0.2, 0) is 6.54 Å². The summed E-state index contributed by atoms with van der Waals surface area (Å²) >= 11 is 0. The Labute approximate surface area is 94.8 Å². The van der Waals surface area contributed by atoms with Crippen molar-refractivity contribution in [2.24, 2.45) is 0 Å². The number of rotatable bonds is 4. The van der Waals surface area contributed by atoms with Crippen LogP contribution in [0.15, 0.2) is 43.0 Å². The molecule has 1 N–H and O–H groups in total. The second kappa shape index (κ2) is 5.32. The zero-order valence-electron chi connectivity index (χ0n) is 9.17. The van der Waals surface area contributed by atoms with E-state index in [-0.39, 0.29) is 6.04 Å². The first-order valence-electron chi connectivity index (χ1n) is 5.25. The van der Waals surface area contributed by atoms with Gasteiger partial charge in [0.25, 0.3) is 0 Å². The Bertz CT molecular complexity index is 416. The molecule has 0 spiro atoms. The number of aromatic nitrogens is 3. The third-order valence-corrected chi connectivity index (χ3v) is 2.34. The van der Waals surface area contributed by atoms with Crippen LogP contribution in [0.2, 0.25) is 0 Å². The van der Waals surface area contributed by atoms with Crippen molar-refractivity contribution in [1.29, 1.82) is 0 Å². The number of nitrogens with one attached hydrogen (secondary N) is 1. The first kappa shape index (κ1) is 10.7. The first-order valence-corrected chi connectivity index (χ1v) is 5.25. The molecule has 0 unspecified atom stereocenters. The normalized spacial score (nSPS) is 12.3. The van der Waals surface area contributed by atoms with Crippen molar-refractivity contribution in [1.82, 2.24) is 20.3 Å². The van der Waals surface area contributed by atoms with Gasteiger partial charge >= 0.3 is 0 Å². The van der Waals surface area contributed by atoms with Crippen LogP contribution in [0.4, 0.5) is 0 Å². The molecule has 4 nitrogen and oxygen atoms in total. The smallest absolute Gasteiger partial charge is 0.0724 e. The fraction of sp³-hybridized carbons (Fsp3) is 0.250. The third kappa shape index (κ3) is 2.84. The lowest BCUT2D eigenvalue weighted by molar-refractivity contribution is 0.554. The van der Waals surface area contributed by atoms with Crippen molar-refractivity contribution in [2.45, 2.75) is 19.5 Å². The van der Waals surface area contributed by atoms with E-state index < -0.39 is 0 Å². The van der Waals surface area contributed by atoms with Crippen LogP contribution in [0.3, 0.4) is 0 Å². The summed E-state index contributed by atoms with van der Waals surface area (Å²) in [6.45, 7) is 2.78. The number of pyridine rings is 1. The van der Waals surface area contributed by atoms with E-state index in [1.54, 1.807) is 24.8 Å². The molecule has 0 fully saturated rings. The molecule has 2 heterocycles. The molecule has 82 valence electrons. The van der Waals surface area contributed by atoms with E-state index in [0.29, 0.717) is 6.54 Å². The maximum absolute atomic E-state index is 4.29. The van der Waals surface area contributed by atoms with Crippen LogP contribution in [0.1, 0.15) is 24.4 Å². The van der Waals surface area contributed by atoms with Crippen LogP contribution in [0.25, 0.3) is 0 Å². The second-order valence-corrected chi connectivity index (χ2v) is 3.55. The van der Waals surface area contributed by atoms with E-state index in [2.05, 4.69) is 27.2 Å². The molecule has 1 atom stereocenters. The first-order chi connectivity index (χ1) is 7.86. The summed E-state index contributed by atoms with van der Waals surface area (Å²) < 4.78 is 0. The summed E-state index contributed by atoms with van der Waals surface area (Å²) in [5.74, 6) is 0. The highest BCUT2D eigenvalue weighted by Crippen LogP contribution is 2.08. The molecule has 2 aromatic rings. The van der Waals surface area contributed by atoms with Gasteiger partial charge in [-0.2, -0.15) is 0 Å². The Morgan fingerprint density at radius 1 is 1.19 bits per heavy atom. The number of hydrogen-bond donors (Lipinski definition) is 1. The highest BCUT2D eigenvalue weighted by molar-refractivity contribution is 5.08. The molecule has 0 saturated heterocycles. The second-order valence-electron chi connectivity index (χ2n) is 3.55. The van der Waals surface area contributed by atoms with E-state index in [1.807, 2.05) is 18.2 Å². The van der Waals surface area contributed by atoms with Crippen LogP contribution in [0, 0.1) is 0 Å². The van der Waals surface area contributed by atoms with Crippen molar-refractivity contribution < 1.29 is 0 Å². The Kier molecular flexibility index (Phi) is 3.56. The summed E-state index contributed by atoms with van der Waals surface area (Å²) in [6.07, 6.45) is 6.93. The van der Waals surface area contributed by atoms with Gasteiger partial charge in [0, 0.05) is 37.4 Å². The van der Waals surface area contributed by atoms with Gasteiger partial charge in [0.2, 0.25) is 0 Å². The number of nitrogens with zero attached hydrogens (tertiary/aromatic N) is 3. The largest absolute Gasteiger partial charge is 0.303 e. The molecule has 0 bridgehead atoms. The quantitative estimate of drug-likeness (QED) is 0.842. The van der Waals surface area contributed by atoms with Gasteiger partial charge in [-0.3, -0.25) is 15.0 Å². The molecule has 0 radical (unpaired) electrons. The van der Waals surface area contributed by atoms with Crippen LogP contribution >= 0.6 is 0 Å². The number of hydrogen-bond acceptors (Lipinski definition) is 4. The molecule has 0 amide bonds. The molecule has 16 heavy (non-hydrogen) atoms. The molecule has 2 aromatic heterocycles. The Morgan fingerprint density at radius 2 is 2.12 bits per heavy atom. The Hall–Kier alpha value is -1.81. The highest BCUT2D eigenvalue weighted by Gasteiger charge is 2.05. The zero-order chi connectivity index (χ0) is 11.2. The minimum atomic E-state index is 0.211. The fourth-order valence-electron chi connectivity index (χ4n) is 1.42. The third-order valence-electron chi connectivity index (χ3n) is 2.34. The van der Waals surface area contributed by atoms with Gasteiger partial charge in [0.05, 0.1) is 11.4 Å². The lowest BCUT2D eigenvalue weighted by atomic mass is 10.2. The Morgan fingerprint density at radius 3 is 2.81 bits per heavy atom. The van der Waals surface area contributed by atoms with Gasteiger partial charge in [-0.25, -0.2) is 0 Å². The van der Waals surface area contributed by atoms with Gasteiger partial charge in [0.1, 0.15) is 0 Å². The van der Waals surface area contributed by atoms with Gasteiger partial charge < -0.3 is 5.32 Å². The van der Waals surface area contributed by atoms with Crippen molar-refractivity contribution >= 4 is 0 Å². The van der Waals surface area contributed by atoms with Gasteiger partial charge in [-0.05, 0) is 19.1 Å². The molecule has 4 heteroatoms. The van der Waals surface area contributed by atoms with Gasteiger partial charge in [0.15, 0.2) is 0 Å². The lowest BCUT2D eigenvalue weighted by Crippen LogP contribution is -2.19. The molecule has 2 rings (SSSR count). The summed E-state index contributed by atoms with van der Waals surface area (Å²) in [6, 6.07) is 6.12. The average molecular weight is 214 g/mol. The van der Waals surface area contributed by atoms with Crippen LogP contribution in [0.5, 0.6) is 0 Å². The Balaban J connectivity index is 1.92. The molecular weight excluding hydrogens is 200 g/mol. The van der Waals surface area contributed by atoms with E-state index >= 15 is 0 Å². The van der Waals surface area contributed by atoms with Crippen molar-refractivity contribution in [3.05, 3.63) is 54.4 Å². The van der Waals surface area contributed by atoms with Crippen LogP contribution < -0.4 is 5.32 Å². The predicted molar refractivity (Wildman–Crippen MR) is 61.5 cm³/mol. The molecule has 0 aliphatic heterocycles. The van der Waals surface area contributed by atoms with E-state index in [4.69, 9.17) is 0 Å². The molecular formula is C12H14N4. The van der Waals surface area contributed by atoms with E-state index in [1.165, 1.54) is 0 Å². The molecule has 0 aromatic carbocycles. The topological polar surface area (TPSA) is 50.7 Å². The van der Waals surface area contributed by atoms with E-state index in [9.17, 15) is 0 Å². The molecule has 0 aliphatic carbocycles. The standard InChI is InChI=1S/C12H14N4/c1-10(12-4-2-3-5-15-12)16-9-11-8-13-6-7-14-11/h2-8,10,16H,9H2,1H3/t10-/m1/s1. The maximum atomic E-state index is 4.29. The molecule has 0 aliphatic rings. The summed E-state index contributed by atoms with van der Waals surface area (Å²) in [5, 5.41) is 3.35. The summed E-state index contributed by atoms with van der Waals surface area (Å²) in [5.41, 5.74) is 1.97. The minimum absolute atomic E-state index is 0.211. The SMILES string of the molecule is C[C@@H](NCc1cnccn1)c1ccccn1.